The highest BCUT2D eigenvalue weighted by Crippen LogP contribution is 2.26. The molecule has 20 heavy (non-hydrogen) atoms. The summed E-state index contributed by atoms with van der Waals surface area (Å²) in [7, 11) is 0.135. The second-order valence-corrected chi connectivity index (χ2v) is 8.89. The number of nitrogens with zero attached hydrogens (tertiary/aromatic N) is 1. The number of sulfonamides is 1. The van der Waals surface area contributed by atoms with Crippen molar-refractivity contribution in [2.45, 2.75) is 17.2 Å². The molecular formula is C13H18N2O2S3. The summed E-state index contributed by atoms with van der Waals surface area (Å²) in [6, 6.07) is 7.48. The predicted molar refractivity (Wildman–Crippen MR) is 84.9 cm³/mol. The molecule has 0 saturated heterocycles. The van der Waals surface area contributed by atoms with E-state index in [9.17, 15) is 8.42 Å². The molecule has 2 aromatic heterocycles. The van der Waals surface area contributed by atoms with Gasteiger partial charge in [-0.15, -0.1) is 22.7 Å². The molecule has 0 saturated carbocycles. The average Bonchev–Trinajstić information content (AvgIpc) is 3.07. The first kappa shape index (κ1) is 15.7. The quantitative estimate of drug-likeness (QED) is 0.848. The van der Waals surface area contributed by atoms with Crippen molar-refractivity contribution in [2.24, 2.45) is 0 Å². The molecule has 0 aliphatic heterocycles. The van der Waals surface area contributed by atoms with Gasteiger partial charge in [-0.2, -0.15) is 4.31 Å². The summed E-state index contributed by atoms with van der Waals surface area (Å²) in [5.41, 5.74) is 0. The van der Waals surface area contributed by atoms with E-state index in [2.05, 4.69) is 5.32 Å². The molecule has 0 amide bonds. The lowest BCUT2D eigenvalue weighted by molar-refractivity contribution is 0.471. The molecule has 0 aliphatic carbocycles. The van der Waals surface area contributed by atoms with E-state index < -0.39 is 10.0 Å². The van der Waals surface area contributed by atoms with E-state index in [4.69, 9.17) is 0 Å². The van der Waals surface area contributed by atoms with E-state index in [1.165, 1.54) is 15.6 Å². The molecule has 0 radical (unpaired) electrons. The zero-order chi connectivity index (χ0) is 14.6. The highest BCUT2D eigenvalue weighted by Gasteiger charge is 2.23. The largest absolute Gasteiger partial charge is 0.319 e. The third-order valence-electron chi connectivity index (χ3n) is 2.88. The Morgan fingerprint density at radius 3 is 2.70 bits per heavy atom. The van der Waals surface area contributed by atoms with Crippen molar-refractivity contribution in [2.75, 3.05) is 20.6 Å². The van der Waals surface area contributed by atoms with Crippen LogP contribution in [0.5, 0.6) is 0 Å². The summed E-state index contributed by atoms with van der Waals surface area (Å²) in [5, 5.41) is 5.02. The van der Waals surface area contributed by atoms with Crippen LogP contribution in [0.4, 0.5) is 0 Å². The van der Waals surface area contributed by atoms with Gasteiger partial charge in [-0.1, -0.05) is 6.07 Å². The summed E-state index contributed by atoms with van der Waals surface area (Å²) < 4.78 is 26.8. The SMILES string of the molecule is CNCCc1ccc(S(=O)(=O)N(C)Cc2cccs2)s1. The highest BCUT2D eigenvalue weighted by molar-refractivity contribution is 7.91. The van der Waals surface area contributed by atoms with Crippen molar-refractivity contribution in [3.63, 3.8) is 0 Å². The lowest BCUT2D eigenvalue weighted by atomic mass is 10.3. The molecule has 0 unspecified atom stereocenters. The van der Waals surface area contributed by atoms with Crippen LogP contribution >= 0.6 is 22.7 Å². The van der Waals surface area contributed by atoms with E-state index in [1.807, 2.05) is 30.6 Å². The molecule has 4 nitrogen and oxygen atoms in total. The molecule has 0 fully saturated rings. The van der Waals surface area contributed by atoms with Crippen molar-refractivity contribution in [1.29, 1.82) is 0 Å². The monoisotopic (exact) mass is 330 g/mol. The molecule has 110 valence electrons. The Labute approximate surface area is 128 Å². The zero-order valence-electron chi connectivity index (χ0n) is 11.5. The number of hydrogen-bond acceptors (Lipinski definition) is 5. The van der Waals surface area contributed by atoms with Crippen molar-refractivity contribution in [3.05, 3.63) is 39.4 Å². The molecular weight excluding hydrogens is 312 g/mol. The Hall–Kier alpha value is -0.730. The van der Waals surface area contributed by atoms with Crippen LogP contribution in [0, 0.1) is 0 Å². The van der Waals surface area contributed by atoms with Gasteiger partial charge in [0.15, 0.2) is 0 Å². The average molecular weight is 330 g/mol. The summed E-state index contributed by atoms with van der Waals surface area (Å²) in [6.45, 7) is 1.27. The lowest BCUT2D eigenvalue weighted by Gasteiger charge is -2.14. The van der Waals surface area contributed by atoms with Gasteiger partial charge in [0.05, 0.1) is 0 Å². The van der Waals surface area contributed by atoms with Crippen molar-refractivity contribution in [3.8, 4) is 0 Å². The standard InChI is InChI=1S/C13H18N2O2S3/c1-14-8-7-11-5-6-13(19-11)20(16,17)15(2)10-12-4-3-9-18-12/h3-6,9,14H,7-8,10H2,1-2H3. The van der Waals surface area contributed by atoms with E-state index in [0.29, 0.717) is 10.8 Å². The van der Waals surface area contributed by atoms with Crippen LogP contribution < -0.4 is 5.32 Å². The van der Waals surface area contributed by atoms with Gasteiger partial charge in [-0.3, -0.25) is 0 Å². The van der Waals surface area contributed by atoms with Crippen molar-refractivity contribution < 1.29 is 8.42 Å². The summed E-state index contributed by atoms with van der Waals surface area (Å²) >= 11 is 2.92. The van der Waals surface area contributed by atoms with Gasteiger partial charge in [0.1, 0.15) is 4.21 Å². The minimum Gasteiger partial charge on any atom is -0.319 e. The number of hydrogen-bond donors (Lipinski definition) is 1. The predicted octanol–water partition coefficient (Wildman–Crippen LogP) is 2.39. The molecule has 2 heterocycles. The third kappa shape index (κ3) is 3.67. The normalized spacial score (nSPS) is 12.2. The van der Waals surface area contributed by atoms with Gasteiger partial charge >= 0.3 is 0 Å². The highest BCUT2D eigenvalue weighted by atomic mass is 32.2. The number of likely N-dealkylation sites (N-methyl/N-ethyl adjacent to an activating group) is 1. The molecule has 2 aromatic rings. The van der Waals surface area contributed by atoms with Crippen molar-refractivity contribution >= 4 is 32.7 Å². The molecule has 0 aromatic carbocycles. The minimum absolute atomic E-state index is 0.419. The van der Waals surface area contributed by atoms with Crippen LogP contribution in [0.25, 0.3) is 0 Å². The fourth-order valence-corrected chi connectivity index (χ4v) is 5.29. The van der Waals surface area contributed by atoms with Gasteiger partial charge in [0.2, 0.25) is 0 Å². The van der Waals surface area contributed by atoms with E-state index in [1.54, 1.807) is 24.5 Å². The second kappa shape index (κ2) is 6.82. The molecule has 0 bridgehead atoms. The maximum Gasteiger partial charge on any atom is 0.252 e. The lowest BCUT2D eigenvalue weighted by Crippen LogP contribution is -2.25. The Bertz CT molecular complexity index is 632. The molecule has 0 aliphatic rings. The molecule has 1 N–H and O–H groups in total. The van der Waals surface area contributed by atoms with Gasteiger partial charge in [0, 0.05) is 23.3 Å². The van der Waals surface area contributed by atoms with Gasteiger partial charge in [-0.25, -0.2) is 8.42 Å². The Balaban J connectivity index is 2.10. The summed E-state index contributed by atoms with van der Waals surface area (Å²) in [5.74, 6) is 0. The van der Waals surface area contributed by atoms with E-state index in [-0.39, 0.29) is 0 Å². The topological polar surface area (TPSA) is 49.4 Å². The zero-order valence-corrected chi connectivity index (χ0v) is 13.9. The molecule has 7 heteroatoms. The Morgan fingerprint density at radius 2 is 2.05 bits per heavy atom. The molecule has 2 rings (SSSR count). The van der Waals surface area contributed by atoms with Crippen molar-refractivity contribution in [1.82, 2.24) is 9.62 Å². The maximum absolute atomic E-state index is 12.5. The smallest absolute Gasteiger partial charge is 0.252 e. The Morgan fingerprint density at radius 1 is 1.25 bits per heavy atom. The first-order valence-corrected chi connectivity index (χ1v) is 9.39. The van der Waals surface area contributed by atoms with Crippen LogP contribution in [0.15, 0.2) is 33.9 Å². The second-order valence-electron chi connectivity index (χ2n) is 4.41. The van der Waals surface area contributed by atoms with Gasteiger partial charge < -0.3 is 5.32 Å². The number of nitrogens with one attached hydrogen (secondary N) is 1. The first-order valence-electron chi connectivity index (χ1n) is 6.26. The molecule has 0 spiro atoms. The van der Waals surface area contributed by atoms with Gasteiger partial charge in [-0.05, 0) is 43.6 Å². The van der Waals surface area contributed by atoms with Gasteiger partial charge in [0.25, 0.3) is 10.0 Å². The summed E-state index contributed by atoms with van der Waals surface area (Å²) in [4.78, 5) is 2.13. The Kier molecular flexibility index (Phi) is 5.34. The third-order valence-corrected chi connectivity index (χ3v) is 7.16. The van der Waals surface area contributed by atoms with Crippen LogP contribution in [0.2, 0.25) is 0 Å². The van der Waals surface area contributed by atoms with E-state index in [0.717, 1.165) is 22.7 Å². The van der Waals surface area contributed by atoms with Crippen LogP contribution in [-0.2, 0) is 23.0 Å². The number of thiophene rings is 2. The van der Waals surface area contributed by atoms with Crippen LogP contribution in [-0.4, -0.2) is 33.4 Å². The fraction of sp³-hybridized carbons (Fsp3) is 0.385. The van der Waals surface area contributed by atoms with Crippen LogP contribution in [0.3, 0.4) is 0 Å². The first-order chi connectivity index (χ1) is 9.54. The summed E-state index contributed by atoms with van der Waals surface area (Å²) in [6.07, 6.45) is 0.853. The van der Waals surface area contributed by atoms with E-state index >= 15 is 0 Å². The number of rotatable bonds is 7. The molecule has 0 atom stereocenters. The fourth-order valence-electron chi connectivity index (χ4n) is 1.74. The maximum atomic E-state index is 12.5. The van der Waals surface area contributed by atoms with Crippen LogP contribution in [0.1, 0.15) is 9.75 Å². The minimum atomic E-state index is -3.38.